The third-order valence-corrected chi connectivity index (χ3v) is 3.32. The zero-order valence-corrected chi connectivity index (χ0v) is 11.9. The summed E-state index contributed by atoms with van der Waals surface area (Å²) in [6.07, 6.45) is 0. The summed E-state index contributed by atoms with van der Waals surface area (Å²) in [5.41, 5.74) is 6.14. The zero-order valence-electron chi connectivity index (χ0n) is 11.9. The second-order valence-corrected chi connectivity index (χ2v) is 5.76. The summed E-state index contributed by atoms with van der Waals surface area (Å²) in [4.78, 5) is 0. The fourth-order valence-electron chi connectivity index (χ4n) is 2.68. The fourth-order valence-corrected chi connectivity index (χ4v) is 2.68. The van der Waals surface area contributed by atoms with Crippen molar-refractivity contribution >= 4 is 13.3 Å². The van der Waals surface area contributed by atoms with E-state index in [0.29, 0.717) is 17.8 Å². The van der Waals surface area contributed by atoms with Crippen molar-refractivity contribution in [2.45, 2.75) is 59.3 Å². The van der Waals surface area contributed by atoms with E-state index in [1.807, 2.05) is 0 Å². The van der Waals surface area contributed by atoms with Gasteiger partial charge in [-0.1, -0.05) is 59.1 Å². The molecule has 1 rings (SSSR count). The number of hydrogen-bond acceptors (Lipinski definition) is 0. The quantitative estimate of drug-likeness (QED) is 0.680. The van der Waals surface area contributed by atoms with Crippen molar-refractivity contribution in [2.75, 3.05) is 0 Å². The molecule has 0 aromatic heterocycles. The van der Waals surface area contributed by atoms with Gasteiger partial charge in [0.1, 0.15) is 7.85 Å². The van der Waals surface area contributed by atoms with Gasteiger partial charge < -0.3 is 0 Å². The van der Waals surface area contributed by atoms with Gasteiger partial charge in [-0.25, -0.2) is 0 Å². The Morgan fingerprint density at radius 3 is 1.62 bits per heavy atom. The first kappa shape index (κ1) is 13.4. The molecule has 1 aromatic rings. The first-order valence-electron chi connectivity index (χ1n) is 6.49. The van der Waals surface area contributed by atoms with Crippen LogP contribution in [0.4, 0.5) is 0 Å². The van der Waals surface area contributed by atoms with Crippen molar-refractivity contribution in [1.82, 2.24) is 0 Å². The smallest absolute Gasteiger partial charge is 0.0853 e. The van der Waals surface area contributed by atoms with E-state index < -0.39 is 0 Å². The van der Waals surface area contributed by atoms with Gasteiger partial charge in [0.2, 0.25) is 0 Å². The Hall–Kier alpha value is -0.715. The molecule has 0 aliphatic rings. The van der Waals surface area contributed by atoms with Crippen LogP contribution in [0.25, 0.3) is 0 Å². The summed E-state index contributed by atoms with van der Waals surface area (Å²) in [5, 5.41) is 0. The normalized spacial score (nSPS) is 11.8. The lowest BCUT2D eigenvalue weighted by Crippen LogP contribution is -2.18. The van der Waals surface area contributed by atoms with Crippen molar-refractivity contribution < 1.29 is 0 Å². The lowest BCUT2D eigenvalue weighted by Gasteiger charge is -2.24. The van der Waals surface area contributed by atoms with Crippen molar-refractivity contribution in [1.29, 1.82) is 0 Å². The van der Waals surface area contributed by atoms with E-state index in [1.54, 1.807) is 11.1 Å². The Labute approximate surface area is 102 Å². The van der Waals surface area contributed by atoms with Crippen LogP contribution in [0.5, 0.6) is 0 Å². The molecule has 0 radical (unpaired) electrons. The van der Waals surface area contributed by atoms with E-state index in [2.05, 4.69) is 61.5 Å². The summed E-state index contributed by atoms with van der Waals surface area (Å²) >= 11 is 0. The average molecular weight is 216 g/mol. The van der Waals surface area contributed by atoms with Crippen molar-refractivity contribution in [3.8, 4) is 0 Å². The molecule has 1 aromatic carbocycles. The highest BCUT2D eigenvalue weighted by Gasteiger charge is 2.17. The van der Waals surface area contributed by atoms with Crippen LogP contribution >= 0.6 is 0 Å². The van der Waals surface area contributed by atoms with Gasteiger partial charge in [-0.05, 0) is 34.4 Å². The maximum absolute atomic E-state index is 2.32. The Bertz CT molecular complexity index is 362. The lowest BCUT2D eigenvalue weighted by molar-refractivity contribution is 0.752. The minimum atomic E-state index is 0.620. The van der Waals surface area contributed by atoms with Gasteiger partial charge >= 0.3 is 0 Å². The largest absolute Gasteiger partial charge is 0.139 e. The molecule has 0 unspecified atom stereocenters. The van der Waals surface area contributed by atoms with Crippen LogP contribution in [-0.4, -0.2) is 7.85 Å². The minimum absolute atomic E-state index is 0.620. The molecule has 0 fully saturated rings. The minimum Gasteiger partial charge on any atom is -0.0853 e. The van der Waals surface area contributed by atoms with Crippen molar-refractivity contribution in [3.63, 3.8) is 0 Å². The monoisotopic (exact) mass is 216 g/mol. The number of hydrogen-bond donors (Lipinski definition) is 0. The predicted molar refractivity (Wildman–Crippen MR) is 76.9 cm³/mol. The molecular weight excluding hydrogens is 191 g/mol. The maximum atomic E-state index is 2.32. The van der Waals surface area contributed by atoms with Gasteiger partial charge in [0.15, 0.2) is 0 Å². The van der Waals surface area contributed by atoms with Gasteiger partial charge in [0.25, 0.3) is 0 Å². The molecule has 88 valence electrons. The Kier molecular flexibility index (Phi) is 4.24. The Morgan fingerprint density at radius 2 is 1.25 bits per heavy atom. The maximum Gasteiger partial charge on any atom is 0.139 e. The third-order valence-electron chi connectivity index (χ3n) is 3.32. The molecule has 0 nitrogen and oxygen atoms in total. The first-order chi connectivity index (χ1) is 7.36. The molecule has 0 aliphatic heterocycles. The van der Waals surface area contributed by atoms with Crippen LogP contribution in [0.1, 0.15) is 76.0 Å². The molecule has 0 saturated heterocycles. The van der Waals surface area contributed by atoms with Gasteiger partial charge in [0.05, 0.1) is 0 Å². The van der Waals surface area contributed by atoms with Crippen LogP contribution in [0, 0.1) is 0 Å². The van der Waals surface area contributed by atoms with E-state index in [1.165, 1.54) is 11.0 Å². The summed E-state index contributed by atoms with van der Waals surface area (Å²) in [7, 11) is 2.24. The third kappa shape index (κ3) is 2.51. The highest BCUT2D eigenvalue weighted by molar-refractivity contribution is 6.33. The van der Waals surface area contributed by atoms with Crippen LogP contribution in [-0.2, 0) is 0 Å². The van der Waals surface area contributed by atoms with Gasteiger partial charge in [-0.3, -0.25) is 0 Å². The molecule has 0 aliphatic carbocycles. The van der Waals surface area contributed by atoms with Gasteiger partial charge in [-0.2, -0.15) is 0 Å². The van der Waals surface area contributed by atoms with E-state index >= 15 is 0 Å². The molecule has 16 heavy (non-hydrogen) atoms. The number of benzene rings is 1. The predicted octanol–water partition coefficient (Wildman–Crippen LogP) is 3.32. The van der Waals surface area contributed by atoms with Crippen molar-refractivity contribution in [2.24, 2.45) is 0 Å². The van der Waals surface area contributed by atoms with Crippen LogP contribution in [0.15, 0.2) is 12.1 Å². The fraction of sp³-hybridized carbons (Fsp3) is 0.600. The van der Waals surface area contributed by atoms with Crippen LogP contribution in [0.3, 0.4) is 0 Å². The summed E-state index contributed by atoms with van der Waals surface area (Å²) in [6, 6.07) is 4.61. The van der Waals surface area contributed by atoms with Crippen molar-refractivity contribution in [3.05, 3.63) is 28.8 Å². The highest BCUT2D eigenvalue weighted by Crippen LogP contribution is 2.31. The standard InChI is InChI=1S/C15H25B/c1-9(2)12-7-8-13(16)15(11(5)6)14(12)10(3)4/h7-11H,16H2,1-6H3. The van der Waals surface area contributed by atoms with Gasteiger partial charge in [-0.15, -0.1) is 0 Å². The highest BCUT2D eigenvalue weighted by atomic mass is 14.2. The molecule has 0 amide bonds. The van der Waals surface area contributed by atoms with Crippen LogP contribution in [0.2, 0.25) is 0 Å². The van der Waals surface area contributed by atoms with E-state index in [4.69, 9.17) is 0 Å². The number of rotatable bonds is 3. The topological polar surface area (TPSA) is 0 Å². The first-order valence-corrected chi connectivity index (χ1v) is 6.49. The second-order valence-electron chi connectivity index (χ2n) is 5.76. The van der Waals surface area contributed by atoms with E-state index in [0.717, 1.165) is 0 Å². The van der Waals surface area contributed by atoms with Gasteiger partial charge in [0, 0.05) is 0 Å². The molecule has 0 bridgehead atoms. The lowest BCUT2D eigenvalue weighted by atomic mass is 9.76. The molecular formula is C15H25B. The molecule has 0 saturated carbocycles. The SMILES string of the molecule is Bc1ccc(C(C)C)c(C(C)C)c1C(C)C. The summed E-state index contributed by atoms with van der Waals surface area (Å²) < 4.78 is 0. The molecule has 0 atom stereocenters. The molecule has 0 N–H and O–H groups in total. The van der Waals surface area contributed by atoms with E-state index in [9.17, 15) is 0 Å². The second kappa shape index (κ2) is 5.08. The summed E-state index contributed by atoms with van der Waals surface area (Å²) in [5.74, 6) is 1.86. The average Bonchev–Trinajstić information content (AvgIpc) is 2.15. The zero-order chi connectivity index (χ0) is 12.5. The molecule has 0 heterocycles. The molecule has 1 heteroatoms. The Balaban J connectivity index is 3.50. The Morgan fingerprint density at radius 1 is 0.750 bits per heavy atom. The van der Waals surface area contributed by atoms with E-state index in [-0.39, 0.29) is 0 Å². The summed E-state index contributed by atoms with van der Waals surface area (Å²) in [6.45, 7) is 13.8. The molecule has 0 spiro atoms. The van der Waals surface area contributed by atoms with Crippen LogP contribution < -0.4 is 5.46 Å².